The van der Waals surface area contributed by atoms with E-state index in [2.05, 4.69) is 9.72 Å². The number of fused-ring (bicyclic) bond motifs is 2. The molecule has 0 spiro atoms. The van der Waals surface area contributed by atoms with Crippen LogP contribution in [0.3, 0.4) is 0 Å². The fourth-order valence-corrected chi connectivity index (χ4v) is 6.23. The van der Waals surface area contributed by atoms with Crippen LogP contribution < -0.4 is 15.0 Å². The maximum Gasteiger partial charge on any atom is 0.422 e. The number of aromatic nitrogens is 1. The number of hydrogen-bond donors (Lipinski definition) is 2. The summed E-state index contributed by atoms with van der Waals surface area (Å²) >= 11 is 0. The number of hydrogen-bond acceptors (Lipinski definition) is 8. The summed E-state index contributed by atoms with van der Waals surface area (Å²) in [6.07, 6.45) is -2.52. The number of pyridine rings is 1. The van der Waals surface area contributed by atoms with E-state index < -0.39 is 46.8 Å². The molecule has 2 N–H and O–H groups in total. The third-order valence-corrected chi connectivity index (χ3v) is 7.95. The van der Waals surface area contributed by atoms with Crippen molar-refractivity contribution in [2.75, 3.05) is 13.2 Å². The Morgan fingerprint density at radius 3 is 2.38 bits per heavy atom. The number of piperazine rings is 1. The number of benzene rings is 1. The molecule has 4 rings (SSSR count). The van der Waals surface area contributed by atoms with Gasteiger partial charge in [-0.1, -0.05) is 0 Å². The molecule has 2 aromatic rings. The Bertz CT molecular complexity index is 1260. The number of carbonyl (C=O) groups is 2. The maximum absolute atomic E-state index is 13.4. The van der Waals surface area contributed by atoms with Gasteiger partial charge in [0.05, 0.1) is 12.2 Å². The molecule has 11 nitrogen and oxygen atoms in total. The summed E-state index contributed by atoms with van der Waals surface area (Å²) in [4.78, 5) is 29.8. The third-order valence-electron chi connectivity index (χ3n) is 6.12. The molecule has 0 radical (unpaired) electrons. The second kappa shape index (κ2) is 10.1. The van der Waals surface area contributed by atoms with E-state index in [4.69, 9.17) is 4.74 Å². The minimum absolute atomic E-state index is 0.00836. The molecule has 2 bridgehead atoms. The number of nitrogens with zero attached hydrogens (tertiary/aromatic N) is 3. The molecular weight excluding hydrogens is 521 g/mol. The van der Waals surface area contributed by atoms with Crippen molar-refractivity contribution in [2.45, 2.75) is 49.0 Å². The highest BCUT2D eigenvalue weighted by molar-refractivity contribution is 7.89. The zero-order valence-corrected chi connectivity index (χ0v) is 20.2. The number of nitrogens with one attached hydrogen (secondary N) is 1. The Kier molecular flexibility index (Phi) is 7.30. The van der Waals surface area contributed by atoms with Gasteiger partial charge in [0.25, 0.3) is 5.91 Å². The van der Waals surface area contributed by atoms with Crippen molar-refractivity contribution in [3.8, 4) is 17.4 Å². The van der Waals surface area contributed by atoms with Crippen molar-refractivity contribution in [1.82, 2.24) is 19.7 Å². The monoisotopic (exact) mass is 544 g/mol. The SMILES string of the molecule is CC(=O)N1[C@@H]2CC[C@H]1[C@H](C(=O)NO)N(S(=O)(=O)c1ccc(Oc3ccc(OCC(F)(F)F)cc3)nc1)C2. The summed E-state index contributed by atoms with van der Waals surface area (Å²) in [5, 5.41) is 9.24. The van der Waals surface area contributed by atoms with Crippen LogP contribution >= 0.6 is 0 Å². The van der Waals surface area contributed by atoms with E-state index in [9.17, 15) is 36.4 Å². The Balaban J connectivity index is 1.50. The van der Waals surface area contributed by atoms with Gasteiger partial charge in [-0.3, -0.25) is 14.8 Å². The molecule has 0 unspecified atom stereocenters. The number of rotatable bonds is 7. The molecular formula is C22H23F3N4O7S. The number of alkyl halides is 3. The molecule has 0 saturated carbocycles. The van der Waals surface area contributed by atoms with Gasteiger partial charge >= 0.3 is 6.18 Å². The van der Waals surface area contributed by atoms with Crippen molar-refractivity contribution in [3.05, 3.63) is 42.6 Å². The number of halogens is 3. The van der Waals surface area contributed by atoms with Crippen LogP contribution in [0.25, 0.3) is 0 Å². The molecule has 3 atom stereocenters. The van der Waals surface area contributed by atoms with Crippen molar-refractivity contribution >= 4 is 21.8 Å². The first-order chi connectivity index (χ1) is 17.4. The van der Waals surface area contributed by atoms with Crippen molar-refractivity contribution < 1.29 is 45.9 Å². The van der Waals surface area contributed by atoms with E-state index in [1.807, 2.05) is 0 Å². The fraction of sp³-hybridized carbons (Fsp3) is 0.409. The standard InChI is InChI=1S/C22H23F3N4O7S/c1-13(30)29-14-2-8-18(29)20(21(31)27-32)28(11-14)37(33,34)17-7-9-19(26-10-17)36-16-5-3-15(4-6-16)35-12-22(23,24)25/h3-7,9-10,14,18,20,32H,2,8,11-12H2,1H3,(H,27,31)/t14-,18+,20-/m1/s1. The van der Waals surface area contributed by atoms with Gasteiger partial charge in [0.2, 0.25) is 21.8 Å². The minimum Gasteiger partial charge on any atom is -0.484 e. The quantitative estimate of drug-likeness (QED) is 0.399. The van der Waals surface area contributed by atoms with E-state index in [0.29, 0.717) is 12.8 Å². The van der Waals surface area contributed by atoms with Gasteiger partial charge < -0.3 is 14.4 Å². The average Bonchev–Trinajstić information content (AvgIpc) is 3.16. The highest BCUT2D eigenvalue weighted by Crippen LogP contribution is 2.37. The maximum atomic E-state index is 13.4. The van der Waals surface area contributed by atoms with Crippen molar-refractivity contribution in [2.24, 2.45) is 0 Å². The molecule has 0 aliphatic carbocycles. The first-order valence-corrected chi connectivity index (χ1v) is 12.5. The Morgan fingerprint density at radius 1 is 1.14 bits per heavy atom. The molecule has 2 saturated heterocycles. The van der Waals surface area contributed by atoms with Gasteiger partial charge in [0.1, 0.15) is 22.4 Å². The summed E-state index contributed by atoms with van der Waals surface area (Å²) in [6.45, 7) is -0.219. The zero-order chi connectivity index (χ0) is 27.0. The average molecular weight is 545 g/mol. The van der Waals surface area contributed by atoms with E-state index in [-0.39, 0.29) is 34.7 Å². The lowest BCUT2D eigenvalue weighted by Crippen LogP contribution is -2.66. The Hall–Kier alpha value is -3.43. The minimum atomic E-state index is -4.47. The smallest absolute Gasteiger partial charge is 0.422 e. The number of ether oxygens (including phenoxy) is 2. The lowest BCUT2D eigenvalue weighted by atomic mass is 10.0. The number of carbonyl (C=O) groups excluding carboxylic acids is 2. The first kappa shape index (κ1) is 26.6. The Labute approximate surface area is 209 Å². The van der Waals surface area contributed by atoms with Gasteiger partial charge in [0, 0.05) is 25.6 Å². The van der Waals surface area contributed by atoms with Crippen LogP contribution in [0, 0.1) is 0 Å². The van der Waals surface area contributed by atoms with Crippen molar-refractivity contribution in [3.63, 3.8) is 0 Å². The molecule has 2 fully saturated rings. The number of sulfonamides is 1. The zero-order valence-electron chi connectivity index (χ0n) is 19.4. The van der Waals surface area contributed by atoms with Gasteiger partial charge in [-0.05, 0) is 43.2 Å². The first-order valence-electron chi connectivity index (χ1n) is 11.1. The van der Waals surface area contributed by atoms with Crippen LogP contribution in [0.2, 0.25) is 0 Å². The van der Waals surface area contributed by atoms with Crippen LogP contribution in [0.5, 0.6) is 17.4 Å². The molecule has 3 heterocycles. The molecule has 2 aliphatic rings. The predicted octanol–water partition coefficient (Wildman–Crippen LogP) is 2.07. The molecule has 1 aromatic carbocycles. The molecule has 2 aliphatic heterocycles. The van der Waals surface area contributed by atoms with Gasteiger partial charge in [-0.15, -0.1) is 0 Å². The molecule has 37 heavy (non-hydrogen) atoms. The number of amides is 2. The lowest BCUT2D eigenvalue weighted by molar-refractivity contribution is -0.153. The topological polar surface area (TPSA) is 138 Å². The van der Waals surface area contributed by atoms with Gasteiger partial charge in [-0.2, -0.15) is 17.5 Å². The second-order valence-electron chi connectivity index (χ2n) is 8.53. The van der Waals surface area contributed by atoms with E-state index in [1.54, 1.807) is 0 Å². The molecule has 1 aromatic heterocycles. The summed E-state index contributed by atoms with van der Waals surface area (Å²) in [6, 6.07) is 5.33. The lowest BCUT2D eigenvalue weighted by Gasteiger charge is -2.44. The van der Waals surface area contributed by atoms with Crippen LogP contribution in [0.15, 0.2) is 47.5 Å². The van der Waals surface area contributed by atoms with E-state index >= 15 is 0 Å². The third kappa shape index (κ3) is 5.62. The van der Waals surface area contributed by atoms with E-state index in [1.165, 1.54) is 53.7 Å². The number of hydroxylamine groups is 1. The molecule has 2 amide bonds. The molecule has 200 valence electrons. The fourth-order valence-electron chi connectivity index (χ4n) is 4.63. The summed E-state index contributed by atoms with van der Waals surface area (Å²) in [7, 11) is -4.26. The summed E-state index contributed by atoms with van der Waals surface area (Å²) < 4.78 is 74.8. The van der Waals surface area contributed by atoms with Gasteiger partial charge in [0.15, 0.2) is 6.61 Å². The highest BCUT2D eigenvalue weighted by Gasteiger charge is 2.54. The van der Waals surface area contributed by atoms with Crippen LogP contribution in [-0.4, -0.2) is 77.1 Å². The summed E-state index contributed by atoms with van der Waals surface area (Å²) in [5.74, 6) is -1.02. The van der Waals surface area contributed by atoms with Crippen LogP contribution in [-0.2, 0) is 19.6 Å². The van der Waals surface area contributed by atoms with Gasteiger partial charge in [-0.25, -0.2) is 18.9 Å². The van der Waals surface area contributed by atoms with E-state index in [0.717, 1.165) is 10.5 Å². The largest absolute Gasteiger partial charge is 0.484 e. The highest BCUT2D eigenvalue weighted by atomic mass is 32.2. The summed E-state index contributed by atoms with van der Waals surface area (Å²) in [5.41, 5.74) is 1.50. The second-order valence-corrected chi connectivity index (χ2v) is 10.4. The van der Waals surface area contributed by atoms with Crippen LogP contribution in [0.1, 0.15) is 19.8 Å². The molecule has 15 heteroatoms. The van der Waals surface area contributed by atoms with Crippen LogP contribution in [0.4, 0.5) is 13.2 Å². The Morgan fingerprint density at radius 2 is 1.81 bits per heavy atom. The van der Waals surface area contributed by atoms with Crippen molar-refractivity contribution in [1.29, 1.82) is 0 Å². The predicted molar refractivity (Wildman–Crippen MR) is 119 cm³/mol. The normalized spacial score (nSPS) is 22.0.